The lowest BCUT2D eigenvalue weighted by atomic mass is 9.96. The highest BCUT2D eigenvalue weighted by Gasteiger charge is 2.40. The van der Waals surface area contributed by atoms with E-state index >= 15 is 0 Å². The average molecular weight is 278 g/mol. The molecule has 1 aromatic rings. The van der Waals surface area contributed by atoms with Crippen LogP contribution in [0.15, 0.2) is 18.2 Å². The van der Waals surface area contributed by atoms with Gasteiger partial charge in [0, 0.05) is 18.7 Å². The van der Waals surface area contributed by atoms with Crippen molar-refractivity contribution >= 4 is 17.5 Å². The van der Waals surface area contributed by atoms with Crippen molar-refractivity contribution in [1.82, 2.24) is 5.32 Å². The Morgan fingerprint density at radius 1 is 1.40 bits per heavy atom. The maximum Gasteiger partial charge on any atom is 0.252 e. The van der Waals surface area contributed by atoms with Crippen LogP contribution >= 0.6 is 0 Å². The van der Waals surface area contributed by atoms with E-state index in [4.69, 9.17) is 0 Å². The van der Waals surface area contributed by atoms with Gasteiger partial charge in [-0.25, -0.2) is 4.39 Å². The van der Waals surface area contributed by atoms with Gasteiger partial charge in [-0.1, -0.05) is 13.0 Å². The number of hydrogen-bond acceptors (Lipinski definition) is 2. The summed E-state index contributed by atoms with van der Waals surface area (Å²) < 4.78 is 13.5. The quantitative estimate of drug-likeness (QED) is 0.901. The second kappa shape index (κ2) is 5.23. The summed E-state index contributed by atoms with van der Waals surface area (Å²) in [7, 11) is 0. The zero-order chi connectivity index (χ0) is 14.9. The van der Waals surface area contributed by atoms with Crippen LogP contribution in [0, 0.1) is 12.7 Å². The molecular formula is C15H19FN2O2. The highest BCUT2D eigenvalue weighted by molar-refractivity contribution is 6.04. The van der Waals surface area contributed by atoms with Crippen molar-refractivity contribution < 1.29 is 14.0 Å². The molecule has 4 nitrogen and oxygen atoms in total. The normalized spacial score (nSPS) is 23.5. The number of rotatable bonds is 2. The lowest BCUT2D eigenvalue weighted by Gasteiger charge is -2.32. The molecular weight excluding hydrogens is 259 g/mol. The molecule has 1 aromatic carbocycles. The predicted molar refractivity (Wildman–Crippen MR) is 74.9 cm³/mol. The van der Waals surface area contributed by atoms with Crippen LogP contribution in [0.1, 0.15) is 32.3 Å². The highest BCUT2D eigenvalue weighted by Crippen LogP contribution is 2.27. The van der Waals surface area contributed by atoms with Gasteiger partial charge in [-0.05, 0) is 38.0 Å². The summed E-state index contributed by atoms with van der Waals surface area (Å²) >= 11 is 0. The highest BCUT2D eigenvalue weighted by atomic mass is 19.1. The Hall–Kier alpha value is -1.91. The van der Waals surface area contributed by atoms with Gasteiger partial charge in [0.2, 0.25) is 5.91 Å². The molecule has 1 fully saturated rings. The third kappa shape index (κ3) is 2.53. The first-order valence-electron chi connectivity index (χ1n) is 6.76. The third-order valence-electron chi connectivity index (χ3n) is 3.86. The molecule has 0 saturated carbocycles. The van der Waals surface area contributed by atoms with Gasteiger partial charge >= 0.3 is 0 Å². The van der Waals surface area contributed by atoms with Crippen LogP contribution in [0.5, 0.6) is 0 Å². The van der Waals surface area contributed by atoms with Crippen LogP contribution in [0.2, 0.25) is 0 Å². The molecule has 1 atom stereocenters. The molecule has 1 N–H and O–H groups in total. The van der Waals surface area contributed by atoms with Gasteiger partial charge in [0.05, 0.1) is 0 Å². The molecule has 0 aromatic heterocycles. The third-order valence-corrected chi connectivity index (χ3v) is 3.86. The first-order valence-corrected chi connectivity index (χ1v) is 6.76. The van der Waals surface area contributed by atoms with E-state index in [1.54, 1.807) is 13.0 Å². The standard InChI is InChI=1S/C15H19FN2O2/c1-4-15(3)14(20)18(8-7-13(19)17-15)12-9-11(16)6-5-10(12)2/h5-6,9H,4,7-8H2,1-3H3,(H,17,19). The maximum absolute atomic E-state index is 13.5. The number of carbonyl (C=O) groups is 2. The molecule has 0 radical (unpaired) electrons. The first-order chi connectivity index (χ1) is 9.37. The lowest BCUT2D eigenvalue weighted by molar-refractivity contribution is -0.129. The zero-order valence-electron chi connectivity index (χ0n) is 12.0. The summed E-state index contributed by atoms with van der Waals surface area (Å²) in [5.41, 5.74) is 0.408. The molecule has 2 amide bonds. The topological polar surface area (TPSA) is 49.4 Å². The molecule has 5 heteroatoms. The van der Waals surface area contributed by atoms with E-state index in [9.17, 15) is 14.0 Å². The van der Waals surface area contributed by atoms with Crippen LogP contribution in [-0.2, 0) is 9.59 Å². The molecule has 108 valence electrons. The molecule has 2 rings (SSSR count). The van der Waals surface area contributed by atoms with Crippen molar-refractivity contribution in [3.05, 3.63) is 29.6 Å². The Labute approximate surface area is 118 Å². The Kier molecular flexibility index (Phi) is 3.79. The van der Waals surface area contributed by atoms with Crippen LogP contribution in [0.25, 0.3) is 0 Å². The Morgan fingerprint density at radius 2 is 2.10 bits per heavy atom. The molecule has 1 aliphatic rings. The largest absolute Gasteiger partial charge is 0.342 e. The molecule has 0 spiro atoms. The fraction of sp³-hybridized carbons (Fsp3) is 0.467. The summed E-state index contributed by atoms with van der Waals surface area (Å²) in [6.45, 7) is 5.65. The number of aryl methyl sites for hydroxylation is 1. The van der Waals surface area contributed by atoms with E-state index < -0.39 is 5.54 Å². The molecule has 20 heavy (non-hydrogen) atoms. The van der Waals surface area contributed by atoms with Gasteiger partial charge in [-0.2, -0.15) is 0 Å². The van der Waals surface area contributed by atoms with Gasteiger partial charge in [0.1, 0.15) is 11.4 Å². The summed E-state index contributed by atoms with van der Waals surface area (Å²) in [5.74, 6) is -0.737. The molecule has 1 heterocycles. The molecule has 1 aliphatic heterocycles. The van der Waals surface area contributed by atoms with E-state index in [0.29, 0.717) is 12.1 Å². The summed E-state index contributed by atoms with van der Waals surface area (Å²) in [6.07, 6.45) is 0.708. The Balaban J connectivity index is 2.46. The van der Waals surface area contributed by atoms with Crippen LogP contribution in [-0.4, -0.2) is 23.9 Å². The number of benzene rings is 1. The SMILES string of the molecule is CCC1(C)NC(=O)CCN(c2cc(F)ccc2C)C1=O. The Morgan fingerprint density at radius 3 is 2.75 bits per heavy atom. The molecule has 0 aliphatic carbocycles. The number of halogens is 1. The monoisotopic (exact) mass is 278 g/mol. The van der Waals surface area contributed by atoms with Crippen molar-refractivity contribution in [3.63, 3.8) is 0 Å². The van der Waals surface area contributed by atoms with Gasteiger partial charge in [0.15, 0.2) is 0 Å². The smallest absolute Gasteiger partial charge is 0.252 e. The van der Waals surface area contributed by atoms with Gasteiger partial charge < -0.3 is 10.2 Å². The number of carbonyl (C=O) groups excluding carboxylic acids is 2. The number of nitrogens with one attached hydrogen (secondary N) is 1. The van der Waals surface area contributed by atoms with E-state index in [1.165, 1.54) is 17.0 Å². The van der Waals surface area contributed by atoms with Crippen molar-refractivity contribution in [2.75, 3.05) is 11.4 Å². The van der Waals surface area contributed by atoms with Crippen LogP contribution < -0.4 is 10.2 Å². The minimum Gasteiger partial charge on any atom is -0.342 e. The van der Waals surface area contributed by atoms with Crippen molar-refractivity contribution in [2.24, 2.45) is 0 Å². The van der Waals surface area contributed by atoms with Crippen molar-refractivity contribution in [1.29, 1.82) is 0 Å². The van der Waals surface area contributed by atoms with E-state index in [1.807, 2.05) is 13.8 Å². The van der Waals surface area contributed by atoms with E-state index in [0.717, 1.165) is 5.56 Å². The molecule has 0 bridgehead atoms. The predicted octanol–water partition coefficient (Wildman–Crippen LogP) is 2.16. The second-order valence-electron chi connectivity index (χ2n) is 5.37. The number of nitrogens with zero attached hydrogens (tertiary/aromatic N) is 1. The average Bonchev–Trinajstić information content (AvgIpc) is 2.52. The second-order valence-corrected chi connectivity index (χ2v) is 5.37. The summed E-state index contributed by atoms with van der Waals surface area (Å²) in [4.78, 5) is 26.0. The van der Waals surface area contributed by atoms with Crippen LogP contribution in [0.4, 0.5) is 10.1 Å². The van der Waals surface area contributed by atoms with Gasteiger partial charge in [0.25, 0.3) is 5.91 Å². The fourth-order valence-electron chi connectivity index (χ4n) is 2.38. The maximum atomic E-state index is 13.5. The number of hydrogen-bond donors (Lipinski definition) is 1. The van der Waals surface area contributed by atoms with Crippen molar-refractivity contribution in [2.45, 2.75) is 39.2 Å². The number of amides is 2. The van der Waals surface area contributed by atoms with Crippen LogP contribution in [0.3, 0.4) is 0 Å². The Bertz CT molecular complexity index is 559. The molecule has 1 unspecified atom stereocenters. The van der Waals surface area contributed by atoms with Crippen molar-refractivity contribution in [3.8, 4) is 0 Å². The summed E-state index contributed by atoms with van der Waals surface area (Å²) in [6, 6.07) is 4.35. The van der Waals surface area contributed by atoms with E-state index in [-0.39, 0.29) is 30.6 Å². The summed E-state index contributed by atoms with van der Waals surface area (Å²) in [5, 5.41) is 2.76. The number of anilines is 1. The zero-order valence-corrected chi connectivity index (χ0v) is 12.0. The van der Waals surface area contributed by atoms with Gasteiger partial charge in [-0.15, -0.1) is 0 Å². The van der Waals surface area contributed by atoms with Gasteiger partial charge in [-0.3, -0.25) is 9.59 Å². The fourth-order valence-corrected chi connectivity index (χ4v) is 2.38. The minimum atomic E-state index is -0.938. The lowest BCUT2D eigenvalue weighted by Crippen LogP contribution is -2.54. The molecule has 1 saturated heterocycles. The minimum absolute atomic E-state index is 0.153. The first kappa shape index (κ1) is 14.5. The van der Waals surface area contributed by atoms with E-state index in [2.05, 4.69) is 5.32 Å².